The molecule has 19 heavy (non-hydrogen) atoms. The summed E-state index contributed by atoms with van der Waals surface area (Å²) < 4.78 is 12.8. The number of rotatable bonds is 3. The fourth-order valence-electron chi connectivity index (χ4n) is 2.13. The summed E-state index contributed by atoms with van der Waals surface area (Å²) in [6, 6.07) is 5.70. The third kappa shape index (κ3) is 1.79. The van der Waals surface area contributed by atoms with Gasteiger partial charge in [0.15, 0.2) is 5.65 Å². The number of nitrogens with zero attached hydrogens (tertiary/aromatic N) is 3. The van der Waals surface area contributed by atoms with Crippen LogP contribution in [-0.4, -0.2) is 28.6 Å². The fourth-order valence-corrected chi connectivity index (χ4v) is 2.13. The van der Waals surface area contributed by atoms with Crippen molar-refractivity contribution in [3.05, 3.63) is 43.0 Å². The van der Waals surface area contributed by atoms with Crippen LogP contribution >= 0.6 is 0 Å². The molecule has 0 spiro atoms. The second-order valence-corrected chi connectivity index (χ2v) is 3.99. The summed E-state index contributed by atoms with van der Waals surface area (Å²) in [6.45, 7) is 0. The summed E-state index contributed by atoms with van der Waals surface area (Å²) in [4.78, 5) is 8.39. The summed E-state index contributed by atoms with van der Waals surface area (Å²) in [5.74, 6) is 1.50. The van der Waals surface area contributed by atoms with Gasteiger partial charge in [0.1, 0.15) is 11.5 Å². The van der Waals surface area contributed by atoms with Crippen molar-refractivity contribution in [3.8, 4) is 22.8 Å². The van der Waals surface area contributed by atoms with Crippen LogP contribution in [0.2, 0.25) is 0 Å². The van der Waals surface area contributed by atoms with Crippen molar-refractivity contribution >= 4 is 5.65 Å². The van der Waals surface area contributed by atoms with Gasteiger partial charge < -0.3 is 9.47 Å². The second-order valence-electron chi connectivity index (χ2n) is 3.99. The highest BCUT2D eigenvalue weighted by molar-refractivity contribution is 5.76. The van der Waals surface area contributed by atoms with Gasteiger partial charge in [0.25, 0.3) is 0 Å². The minimum Gasteiger partial charge on any atom is -0.496 e. The van der Waals surface area contributed by atoms with Gasteiger partial charge >= 0.3 is 0 Å². The monoisotopic (exact) mass is 255 g/mol. The predicted molar refractivity (Wildman–Crippen MR) is 71.5 cm³/mol. The SMILES string of the molecule is COc1cccc(OC)c1-c1cnc2cnccn12. The number of hydrogen-bond donors (Lipinski definition) is 0. The van der Waals surface area contributed by atoms with Crippen LogP contribution in [0.5, 0.6) is 11.5 Å². The maximum Gasteiger partial charge on any atom is 0.155 e. The summed E-state index contributed by atoms with van der Waals surface area (Å²) in [5.41, 5.74) is 2.57. The van der Waals surface area contributed by atoms with E-state index in [0.717, 1.165) is 28.4 Å². The lowest BCUT2D eigenvalue weighted by atomic mass is 10.1. The lowest BCUT2D eigenvalue weighted by molar-refractivity contribution is 0.397. The van der Waals surface area contributed by atoms with Gasteiger partial charge in [-0.3, -0.25) is 9.38 Å². The van der Waals surface area contributed by atoms with Gasteiger partial charge in [0, 0.05) is 12.4 Å². The van der Waals surface area contributed by atoms with Gasteiger partial charge in [-0.15, -0.1) is 0 Å². The van der Waals surface area contributed by atoms with Crippen molar-refractivity contribution in [2.75, 3.05) is 14.2 Å². The smallest absolute Gasteiger partial charge is 0.155 e. The first kappa shape index (κ1) is 11.5. The van der Waals surface area contributed by atoms with E-state index in [9.17, 15) is 0 Å². The lowest BCUT2D eigenvalue weighted by Crippen LogP contribution is -1.95. The molecule has 0 radical (unpaired) electrons. The van der Waals surface area contributed by atoms with Crippen LogP contribution in [0.1, 0.15) is 0 Å². The molecule has 2 heterocycles. The largest absolute Gasteiger partial charge is 0.496 e. The van der Waals surface area contributed by atoms with Crippen molar-refractivity contribution in [1.29, 1.82) is 0 Å². The normalized spacial score (nSPS) is 10.6. The maximum absolute atomic E-state index is 5.42. The zero-order chi connectivity index (χ0) is 13.2. The number of methoxy groups -OCH3 is 2. The van der Waals surface area contributed by atoms with Gasteiger partial charge in [-0.1, -0.05) is 6.07 Å². The molecule has 1 aromatic carbocycles. The zero-order valence-electron chi connectivity index (χ0n) is 10.7. The van der Waals surface area contributed by atoms with Gasteiger partial charge in [-0.25, -0.2) is 4.98 Å². The standard InChI is InChI=1S/C14H13N3O2/c1-18-11-4-3-5-12(19-2)14(11)10-8-16-13-9-15-6-7-17(10)13/h3-9H,1-2H3. The summed E-state index contributed by atoms with van der Waals surface area (Å²) >= 11 is 0. The first-order chi connectivity index (χ1) is 9.35. The molecule has 5 heteroatoms. The molecule has 0 bridgehead atoms. The molecule has 3 rings (SSSR count). The highest BCUT2D eigenvalue weighted by Crippen LogP contribution is 2.38. The summed E-state index contributed by atoms with van der Waals surface area (Å²) in [7, 11) is 3.28. The second kappa shape index (κ2) is 4.61. The van der Waals surface area contributed by atoms with Crippen LogP contribution < -0.4 is 9.47 Å². The number of benzene rings is 1. The maximum atomic E-state index is 5.42. The molecule has 0 amide bonds. The highest BCUT2D eigenvalue weighted by Gasteiger charge is 2.16. The molecule has 5 nitrogen and oxygen atoms in total. The quantitative estimate of drug-likeness (QED) is 0.721. The van der Waals surface area contributed by atoms with Gasteiger partial charge in [-0.05, 0) is 12.1 Å². The Morgan fingerprint density at radius 3 is 2.47 bits per heavy atom. The van der Waals surface area contributed by atoms with Crippen molar-refractivity contribution < 1.29 is 9.47 Å². The zero-order valence-corrected chi connectivity index (χ0v) is 10.7. The van der Waals surface area contributed by atoms with E-state index in [1.807, 2.05) is 28.8 Å². The Balaban J connectivity index is 2.32. The molecule has 96 valence electrons. The Hall–Kier alpha value is -2.56. The predicted octanol–water partition coefficient (Wildman–Crippen LogP) is 2.41. The molecular weight excluding hydrogens is 242 g/mol. The van der Waals surface area contributed by atoms with Crippen LogP contribution in [0.25, 0.3) is 16.9 Å². The summed E-state index contributed by atoms with van der Waals surface area (Å²) in [6.07, 6.45) is 7.09. The van der Waals surface area contributed by atoms with Crippen molar-refractivity contribution in [2.24, 2.45) is 0 Å². The number of aromatic nitrogens is 3. The summed E-state index contributed by atoms with van der Waals surface area (Å²) in [5, 5.41) is 0. The number of imidazole rings is 1. The van der Waals surface area contributed by atoms with E-state index in [-0.39, 0.29) is 0 Å². The van der Waals surface area contributed by atoms with Crippen LogP contribution in [0.3, 0.4) is 0 Å². The van der Waals surface area contributed by atoms with E-state index in [4.69, 9.17) is 9.47 Å². The van der Waals surface area contributed by atoms with E-state index < -0.39 is 0 Å². The molecule has 0 saturated carbocycles. The number of ether oxygens (including phenoxy) is 2. The Kier molecular flexibility index (Phi) is 2.79. The fraction of sp³-hybridized carbons (Fsp3) is 0.143. The minimum atomic E-state index is 0.748. The molecule has 0 aliphatic heterocycles. The minimum absolute atomic E-state index is 0.748. The van der Waals surface area contributed by atoms with Gasteiger partial charge in [-0.2, -0.15) is 0 Å². The molecule has 0 N–H and O–H groups in total. The first-order valence-corrected chi connectivity index (χ1v) is 5.83. The average Bonchev–Trinajstić information content (AvgIpc) is 2.90. The van der Waals surface area contributed by atoms with E-state index >= 15 is 0 Å². The van der Waals surface area contributed by atoms with Gasteiger partial charge in [0.2, 0.25) is 0 Å². The Bertz CT molecular complexity index is 699. The molecule has 3 aromatic rings. The number of hydrogen-bond acceptors (Lipinski definition) is 4. The van der Waals surface area contributed by atoms with Gasteiger partial charge in [0.05, 0.1) is 37.9 Å². The molecule has 0 aliphatic carbocycles. The average molecular weight is 255 g/mol. The van der Waals surface area contributed by atoms with E-state index in [1.165, 1.54) is 0 Å². The number of fused-ring (bicyclic) bond motifs is 1. The van der Waals surface area contributed by atoms with Crippen molar-refractivity contribution in [2.45, 2.75) is 0 Å². The van der Waals surface area contributed by atoms with Crippen molar-refractivity contribution in [3.63, 3.8) is 0 Å². The van der Waals surface area contributed by atoms with Crippen LogP contribution in [-0.2, 0) is 0 Å². The van der Waals surface area contributed by atoms with E-state index in [2.05, 4.69) is 9.97 Å². The first-order valence-electron chi connectivity index (χ1n) is 5.83. The molecule has 0 fully saturated rings. The molecule has 0 aliphatic rings. The third-order valence-electron chi connectivity index (χ3n) is 3.00. The van der Waals surface area contributed by atoms with Crippen molar-refractivity contribution in [1.82, 2.24) is 14.4 Å². The highest BCUT2D eigenvalue weighted by atomic mass is 16.5. The lowest BCUT2D eigenvalue weighted by Gasteiger charge is -2.12. The molecule has 0 saturated heterocycles. The van der Waals surface area contributed by atoms with E-state index in [0.29, 0.717) is 0 Å². The Morgan fingerprint density at radius 2 is 1.79 bits per heavy atom. The van der Waals surface area contributed by atoms with Crippen LogP contribution in [0.4, 0.5) is 0 Å². The molecule has 0 atom stereocenters. The van der Waals surface area contributed by atoms with Crippen LogP contribution in [0, 0.1) is 0 Å². The molecular formula is C14H13N3O2. The van der Waals surface area contributed by atoms with Crippen LogP contribution in [0.15, 0.2) is 43.0 Å². The van der Waals surface area contributed by atoms with E-state index in [1.54, 1.807) is 32.8 Å². The Morgan fingerprint density at radius 1 is 1.05 bits per heavy atom. The third-order valence-corrected chi connectivity index (χ3v) is 3.00. The topological polar surface area (TPSA) is 48.7 Å². The molecule has 2 aromatic heterocycles. The molecule has 0 unspecified atom stereocenters. The Labute approximate surface area is 110 Å².